The number of ether oxygens (including phenoxy) is 2. The summed E-state index contributed by atoms with van der Waals surface area (Å²) in [6, 6.07) is 10.2. The lowest BCUT2D eigenvalue weighted by atomic mass is 10.1. The molecule has 0 radical (unpaired) electrons. The van der Waals surface area contributed by atoms with Crippen LogP contribution in [0.3, 0.4) is 0 Å². The van der Waals surface area contributed by atoms with Crippen LogP contribution >= 0.6 is 11.6 Å². The highest BCUT2D eigenvalue weighted by molar-refractivity contribution is 6.31. The molecule has 1 N–H and O–H groups in total. The summed E-state index contributed by atoms with van der Waals surface area (Å²) in [5, 5.41) is 3.10. The second kappa shape index (κ2) is 7.84. The normalized spacial score (nSPS) is 10.2. The fraction of sp³-hybridized carbons (Fsp3) is 0.222. The van der Waals surface area contributed by atoms with Crippen molar-refractivity contribution in [3.05, 3.63) is 58.1 Å². The third-order valence-electron chi connectivity index (χ3n) is 3.59. The van der Waals surface area contributed by atoms with Crippen LogP contribution in [-0.2, 0) is 9.53 Å². The van der Waals surface area contributed by atoms with Gasteiger partial charge in [-0.15, -0.1) is 0 Å². The molecule has 0 spiro atoms. The summed E-state index contributed by atoms with van der Waals surface area (Å²) in [5.41, 5.74) is 2.89. The highest BCUT2D eigenvalue weighted by atomic mass is 35.5. The Labute approximate surface area is 145 Å². The third-order valence-corrected chi connectivity index (χ3v) is 3.83. The van der Waals surface area contributed by atoms with E-state index in [4.69, 9.17) is 21.1 Å². The molecule has 0 heterocycles. The van der Waals surface area contributed by atoms with Crippen LogP contribution in [0.1, 0.15) is 21.5 Å². The molecule has 126 valence electrons. The van der Waals surface area contributed by atoms with E-state index in [1.54, 1.807) is 18.2 Å². The zero-order chi connectivity index (χ0) is 17.7. The van der Waals surface area contributed by atoms with E-state index in [2.05, 4.69) is 5.32 Å². The Morgan fingerprint density at radius 2 is 1.92 bits per heavy atom. The van der Waals surface area contributed by atoms with Gasteiger partial charge in [-0.1, -0.05) is 23.7 Å². The fourth-order valence-corrected chi connectivity index (χ4v) is 2.29. The number of nitrogens with one attached hydrogen (secondary N) is 1. The van der Waals surface area contributed by atoms with E-state index in [0.29, 0.717) is 16.5 Å². The van der Waals surface area contributed by atoms with Gasteiger partial charge in [0, 0.05) is 10.7 Å². The van der Waals surface area contributed by atoms with Crippen molar-refractivity contribution in [1.82, 2.24) is 0 Å². The van der Waals surface area contributed by atoms with Crippen molar-refractivity contribution >= 4 is 29.2 Å². The van der Waals surface area contributed by atoms with Crippen LogP contribution in [0.2, 0.25) is 5.02 Å². The molecule has 0 atom stereocenters. The first-order valence-corrected chi connectivity index (χ1v) is 7.67. The molecule has 2 aromatic rings. The topological polar surface area (TPSA) is 64.6 Å². The molecular formula is C18H18ClNO4. The second-order valence-electron chi connectivity index (χ2n) is 5.22. The van der Waals surface area contributed by atoms with Gasteiger partial charge in [-0.25, -0.2) is 4.79 Å². The summed E-state index contributed by atoms with van der Waals surface area (Å²) in [5.74, 6) is -0.761. The summed E-state index contributed by atoms with van der Waals surface area (Å²) in [6.07, 6.45) is 0. The predicted octanol–water partition coefficient (Wildman–Crippen LogP) is 3.76. The molecule has 0 fully saturated rings. The maximum Gasteiger partial charge on any atom is 0.342 e. The van der Waals surface area contributed by atoms with Gasteiger partial charge in [-0.2, -0.15) is 0 Å². The lowest BCUT2D eigenvalue weighted by molar-refractivity contribution is -0.119. The Morgan fingerprint density at radius 3 is 2.62 bits per heavy atom. The van der Waals surface area contributed by atoms with Gasteiger partial charge in [-0.3, -0.25) is 4.79 Å². The van der Waals surface area contributed by atoms with E-state index in [9.17, 15) is 9.59 Å². The van der Waals surface area contributed by atoms with Gasteiger partial charge < -0.3 is 14.8 Å². The van der Waals surface area contributed by atoms with E-state index < -0.39 is 18.5 Å². The van der Waals surface area contributed by atoms with Crippen LogP contribution in [-0.4, -0.2) is 25.6 Å². The minimum atomic E-state index is -0.675. The number of carbonyl (C=O) groups is 2. The van der Waals surface area contributed by atoms with E-state index in [1.807, 2.05) is 26.0 Å². The monoisotopic (exact) mass is 347 g/mol. The second-order valence-corrected chi connectivity index (χ2v) is 5.65. The van der Waals surface area contributed by atoms with Gasteiger partial charge in [0.15, 0.2) is 6.61 Å². The first-order chi connectivity index (χ1) is 11.4. The number of halogens is 1. The summed E-state index contributed by atoms with van der Waals surface area (Å²) < 4.78 is 10.1. The summed E-state index contributed by atoms with van der Waals surface area (Å²) in [7, 11) is 1.44. The lowest BCUT2D eigenvalue weighted by Crippen LogP contribution is -2.21. The molecule has 0 unspecified atom stereocenters. The zero-order valence-electron chi connectivity index (χ0n) is 13.7. The molecule has 0 aliphatic heterocycles. The molecule has 0 aliphatic rings. The Morgan fingerprint density at radius 1 is 1.17 bits per heavy atom. The number of methoxy groups -OCH3 is 1. The zero-order valence-corrected chi connectivity index (χ0v) is 14.4. The molecule has 6 heteroatoms. The van der Waals surface area contributed by atoms with E-state index in [0.717, 1.165) is 11.1 Å². The van der Waals surface area contributed by atoms with Gasteiger partial charge in [0.1, 0.15) is 11.3 Å². The highest BCUT2D eigenvalue weighted by Gasteiger charge is 2.16. The molecule has 0 saturated carbocycles. The summed E-state index contributed by atoms with van der Waals surface area (Å²) >= 11 is 5.88. The molecular weight excluding hydrogens is 330 g/mol. The number of anilines is 1. The molecule has 1 amide bonds. The Kier molecular flexibility index (Phi) is 5.82. The number of benzene rings is 2. The van der Waals surface area contributed by atoms with E-state index in [1.165, 1.54) is 13.2 Å². The SMILES string of the molecule is COc1ccc(Cl)cc1C(=O)OCC(=O)Nc1cccc(C)c1C. The number of carbonyl (C=O) groups excluding carboxylic acids is 2. The van der Waals surface area contributed by atoms with Crippen LogP contribution in [0.25, 0.3) is 0 Å². The number of hydrogen-bond donors (Lipinski definition) is 1. The van der Waals surface area contributed by atoms with Crippen molar-refractivity contribution < 1.29 is 19.1 Å². The number of amides is 1. The maximum atomic E-state index is 12.1. The van der Waals surface area contributed by atoms with Gasteiger partial charge in [0.05, 0.1) is 7.11 Å². The van der Waals surface area contributed by atoms with Crippen molar-refractivity contribution in [2.24, 2.45) is 0 Å². The number of hydrogen-bond acceptors (Lipinski definition) is 4. The summed E-state index contributed by atoms with van der Waals surface area (Å²) in [4.78, 5) is 24.1. The third kappa shape index (κ3) is 4.26. The minimum absolute atomic E-state index is 0.171. The average Bonchev–Trinajstić information content (AvgIpc) is 2.56. The highest BCUT2D eigenvalue weighted by Crippen LogP contribution is 2.23. The number of aryl methyl sites for hydroxylation is 1. The van der Waals surface area contributed by atoms with Crippen molar-refractivity contribution in [1.29, 1.82) is 0 Å². The van der Waals surface area contributed by atoms with Crippen LogP contribution in [0.4, 0.5) is 5.69 Å². The standard InChI is InChI=1S/C18H18ClNO4/c1-11-5-4-6-15(12(11)2)20-17(21)10-24-18(22)14-9-13(19)7-8-16(14)23-3/h4-9H,10H2,1-3H3,(H,20,21). The lowest BCUT2D eigenvalue weighted by Gasteiger charge is -2.11. The number of rotatable bonds is 5. The van der Waals surface area contributed by atoms with Crippen molar-refractivity contribution in [3.8, 4) is 5.75 Å². The van der Waals surface area contributed by atoms with Gasteiger partial charge in [0.2, 0.25) is 0 Å². The largest absolute Gasteiger partial charge is 0.496 e. The van der Waals surface area contributed by atoms with Crippen molar-refractivity contribution in [2.45, 2.75) is 13.8 Å². The molecule has 5 nitrogen and oxygen atoms in total. The molecule has 0 aliphatic carbocycles. The number of esters is 1. The van der Waals surface area contributed by atoms with E-state index in [-0.39, 0.29) is 5.56 Å². The Hall–Kier alpha value is -2.53. The van der Waals surface area contributed by atoms with E-state index >= 15 is 0 Å². The first kappa shape index (κ1) is 17.8. The fourth-order valence-electron chi connectivity index (χ4n) is 2.12. The minimum Gasteiger partial charge on any atom is -0.496 e. The molecule has 24 heavy (non-hydrogen) atoms. The molecule has 2 rings (SSSR count). The Bertz CT molecular complexity index is 774. The smallest absolute Gasteiger partial charge is 0.342 e. The molecule has 0 aromatic heterocycles. The van der Waals surface area contributed by atoms with Crippen LogP contribution in [0.15, 0.2) is 36.4 Å². The van der Waals surface area contributed by atoms with Crippen LogP contribution in [0.5, 0.6) is 5.75 Å². The van der Waals surface area contributed by atoms with Crippen LogP contribution < -0.4 is 10.1 Å². The average molecular weight is 348 g/mol. The van der Waals surface area contributed by atoms with Gasteiger partial charge in [0.25, 0.3) is 5.91 Å². The molecule has 2 aromatic carbocycles. The van der Waals surface area contributed by atoms with Gasteiger partial charge >= 0.3 is 5.97 Å². The van der Waals surface area contributed by atoms with Gasteiger partial charge in [-0.05, 0) is 49.2 Å². The predicted molar refractivity (Wildman–Crippen MR) is 92.8 cm³/mol. The maximum absolute atomic E-state index is 12.1. The molecule has 0 bridgehead atoms. The first-order valence-electron chi connectivity index (χ1n) is 7.29. The Balaban J connectivity index is 2.00. The van der Waals surface area contributed by atoms with Crippen molar-refractivity contribution in [3.63, 3.8) is 0 Å². The quantitative estimate of drug-likeness (QED) is 0.836. The van der Waals surface area contributed by atoms with Crippen molar-refractivity contribution in [2.75, 3.05) is 19.0 Å². The van der Waals surface area contributed by atoms with Crippen LogP contribution in [0, 0.1) is 13.8 Å². The molecule has 0 saturated heterocycles. The summed E-state index contributed by atoms with van der Waals surface area (Å²) in [6.45, 7) is 3.46.